The van der Waals surface area contributed by atoms with Crippen molar-refractivity contribution < 1.29 is 13.6 Å². The van der Waals surface area contributed by atoms with E-state index in [9.17, 15) is 13.6 Å². The topological polar surface area (TPSA) is 58.4 Å². The summed E-state index contributed by atoms with van der Waals surface area (Å²) in [5.74, 6) is -1.89. The molecule has 1 unspecified atom stereocenters. The van der Waals surface area contributed by atoms with Gasteiger partial charge in [0, 0.05) is 31.7 Å². The number of amides is 1. The van der Waals surface area contributed by atoms with Crippen molar-refractivity contribution in [2.75, 3.05) is 26.2 Å². The van der Waals surface area contributed by atoms with E-state index < -0.39 is 23.1 Å². The highest BCUT2D eigenvalue weighted by molar-refractivity contribution is 5.85. The van der Waals surface area contributed by atoms with Crippen LogP contribution in [0, 0.1) is 11.6 Å². The number of nitrogens with one attached hydrogen (secondary N) is 1. The van der Waals surface area contributed by atoms with Gasteiger partial charge in [-0.25, -0.2) is 8.78 Å². The number of piperazine rings is 1. The van der Waals surface area contributed by atoms with E-state index >= 15 is 0 Å². The summed E-state index contributed by atoms with van der Waals surface area (Å²) in [6, 6.07) is 3.09. The molecule has 0 saturated carbocycles. The Kier molecular flexibility index (Phi) is 3.82. The molecule has 1 fully saturated rings. The van der Waals surface area contributed by atoms with Crippen LogP contribution in [0.3, 0.4) is 0 Å². The molecule has 0 bridgehead atoms. The van der Waals surface area contributed by atoms with E-state index in [0.717, 1.165) is 18.2 Å². The van der Waals surface area contributed by atoms with Crippen LogP contribution in [0.2, 0.25) is 0 Å². The minimum absolute atomic E-state index is 0.0121. The number of nitrogens with zero attached hydrogens (tertiary/aromatic N) is 1. The summed E-state index contributed by atoms with van der Waals surface area (Å²) in [7, 11) is 0. The summed E-state index contributed by atoms with van der Waals surface area (Å²) in [6.07, 6.45) is 0. The lowest BCUT2D eigenvalue weighted by Gasteiger charge is -2.41. The second-order valence-electron chi connectivity index (χ2n) is 4.80. The molecule has 1 amide bonds. The molecule has 1 atom stereocenters. The van der Waals surface area contributed by atoms with Crippen molar-refractivity contribution in [3.8, 4) is 0 Å². The Morgan fingerprint density at radius 3 is 2.58 bits per heavy atom. The molecule has 19 heavy (non-hydrogen) atoms. The number of nitrogens with two attached hydrogens (primary N) is 1. The van der Waals surface area contributed by atoms with Crippen molar-refractivity contribution in [1.82, 2.24) is 10.2 Å². The van der Waals surface area contributed by atoms with E-state index in [4.69, 9.17) is 5.73 Å². The van der Waals surface area contributed by atoms with Crippen LogP contribution < -0.4 is 11.1 Å². The van der Waals surface area contributed by atoms with Gasteiger partial charge in [0.1, 0.15) is 17.2 Å². The Morgan fingerprint density at radius 2 is 2.00 bits per heavy atom. The number of carbonyl (C=O) groups is 1. The highest BCUT2D eigenvalue weighted by Gasteiger charge is 2.42. The van der Waals surface area contributed by atoms with E-state index in [1.807, 2.05) is 0 Å². The summed E-state index contributed by atoms with van der Waals surface area (Å²) in [6.45, 7) is 4.00. The van der Waals surface area contributed by atoms with Gasteiger partial charge < -0.3 is 11.1 Å². The Morgan fingerprint density at radius 1 is 1.37 bits per heavy atom. The first-order valence-corrected chi connectivity index (χ1v) is 6.17. The normalized spacial score (nSPS) is 19.9. The van der Waals surface area contributed by atoms with E-state index in [1.54, 1.807) is 11.8 Å². The summed E-state index contributed by atoms with van der Waals surface area (Å²) in [5, 5.41) is 3.14. The molecule has 1 saturated heterocycles. The van der Waals surface area contributed by atoms with Crippen molar-refractivity contribution in [3.63, 3.8) is 0 Å². The molecule has 1 aliphatic rings. The molecule has 1 aromatic carbocycles. The largest absolute Gasteiger partial charge is 0.368 e. The van der Waals surface area contributed by atoms with E-state index in [2.05, 4.69) is 5.32 Å². The van der Waals surface area contributed by atoms with Crippen LogP contribution in [-0.4, -0.2) is 37.0 Å². The maximum Gasteiger partial charge on any atom is 0.242 e. The summed E-state index contributed by atoms with van der Waals surface area (Å²) >= 11 is 0. The quantitative estimate of drug-likeness (QED) is 0.843. The van der Waals surface area contributed by atoms with Crippen LogP contribution >= 0.6 is 0 Å². The van der Waals surface area contributed by atoms with Crippen molar-refractivity contribution in [1.29, 1.82) is 0 Å². The number of rotatable bonds is 3. The van der Waals surface area contributed by atoms with Crippen molar-refractivity contribution in [2.45, 2.75) is 12.5 Å². The lowest BCUT2D eigenvalue weighted by atomic mass is 9.88. The highest BCUT2D eigenvalue weighted by atomic mass is 19.1. The Labute approximate surface area is 110 Å². The van der Waals surface area contributed by atoms with Crippen molar-refractivity contribution in [2.24, 2.45) is 5.73 Å². The molecule has 1 aliphatic heterocycles. The number of hydrogen-bond donors (Lipinski definition) is 2. The van der Waals surface area contributed by atoms with Gasteiger partial charge in [-0.05, 0) is 25.1 Å². The maximum absolute atomic E-state index is 14.0. The predicted octanol–water partition coefficient (Wildman–Crippen LogP) is 0.571. The third kappa shape index (κ3) is 2.46. The lowest BCUT2D eigenvalue weighted by molar-refractivity contribution is -0.130. The zero-order valence-electron chi connectivity index (χ0n) is 10.7. The second-order valence-corrected chi connectivity index (χ2v) is 4.80. The third-order valence-electron chi connectivity index (χ3n) is 3.68. The molecule has 1 aromatic rings. The molecule has 2 rings (SSSR count). The van der Waals surface area contributed by atoms with Gasteiger partial charge >= 0.3 is 0 Å². The van der Waals surface area contributed by atoms with Crippen molar-refractivity contribution in [3.05, 3.63) is 35.4 Å². The molecule has 0 aliphatic carbocycles. The van der Waals surface area contributed by atoms with Crippen LogP contribution in [-0.2, 0) is 10.3 Å². The van der Waals surface area contributed by atoms with Crippen LogP contribution in [0.25, 0.3) is 0 Å². The number of halogens is 2. The average molecular weight is 269 g/mol. The molecule has 1 heterocycles. The van der Waals surface area contributed by atoms with E-state index in [1.165, 1.54) is 0 Å². The molecule has 0 spiro atoms. The average Bonchev–Trinajstić information content (AvgIpc) is 2.41. The molecule has 104 valence electrons. The van der Waals surface area contributed by atoms with E-state index in [-0.39, 0.29) is 5.56 Å². The van der Waals surface area contributed by atoms with E-state index in [0.29, 0.717) is 26.2 Å². The standard InChI is InChI=1S/C13H17F2N3O/c1-13(12(16)19,18-6-4-17-5-7-18)10-8-9(14)2-3-11(10)15/h2-3,8,17H,4-7H2,1H3,(H2,16,19). The fraction of sp³-hybridized carbons (Fsp3) is 0.462. The summed E-state index contributed by atoms with van der Waals surface area (Å²) < 4.78 is 27.3. The molecule has 0 radical (unpaired) electrons. The van der Waals surface area contributed by atoms with Gasteiger partial charge in [-0.2, -0.15) is 0 Å². The number of benzene rings is 1. The molecule has 3 N–H and O–H groups in total. The van der Waals surface area contributed by atoms with Gasteiger partial charge in [0.2, 0.25) is 5.91 Å². The maximum atomic E-state index is 14.0. The molecule has 4 nitrogen and oxygen atoms in total. The van der Waals surface area contributed by atoms with Crippen LogP contribution in [0.1, 0.15) is 12.5 Å². The van der Waals surface area contributed by atoms with Gasteiger partial charge in [0.25, 0.3) is 0 Å². The number of hydrogen-bond acceptors (Lipinski definition) is 3. The monoisotopic (exact) mass is 269 g/mol. The van der Waals surface area contributed by atoms with Gasteiger partial charge in [0.05, 0.1) is 0 Å². The van der Waals surface area contributed by atoms with Crippen LogP contribution in [0.4, 0.5) is 8.78 Å². The fourth-order valence-corrected chi connectivity index (χ4v) is 2.44. The first-order chi connectivity index (χ1) is 8.96. The number of carbonyl (C=O) groups excluding carboxylic acids is 1. The second kappa shape index (κ2) is 5.22. The van der Waals surface area contributed by atoms with Gasteiger partial charge in [0.15, 0.2) is 0 Å². The molecular formula is C13H17F2N3O. The minimum Gasteiger partial charge on any atom is -0.368 e. The van der Waals surface area contributed by atoms with Crippen LogP contribution in [0.5, 0.6) is 0 Å². The Bertz CT molecular complexity index is 489. The van der Waals surface area contributed by atoms with Crippen molar-refractivity contribution >= 4 is 5.91 Å². The highest BCUT2D eigenvalue weighted by Crippen LogP contribution is 2.31. The Hall–Kier alpha value is -1.53. The predicted molar refractivity (Wildman–Crippen MR) is 67.3 cm³/mol. The van der Waals surface area contributed by atoms with Gasteiger partial charge in [-0.15, -0.1) is 0 Å². The smallest absolute Gasteiger partial charge is 0.242 e. The Balaban J connectivity index is 2.48. The third-order valence-corrected chi connectivity index (χ3v) is 3.68. The lowest BCUT2D eigenvalue weighted by Crippen LogP contribution is -2.59. The SMILES string of the molecule is CC(C(N)=O)(c1cc(F)ccc1F)N1CCNCC1. The fourth-order valence-electron chi connectivity index (χ4n) is 2.44. The first kappa shape index (κ1) is 13.9. The van der Waals surface area contributed by atoms with Gasteiger partial charge in [-0.1, -0.05) is 0 Å². The zero-order valence-corrected chi connectivity index (χ0v) is 10.7. The molecular weight excluding hydrogens is 252 g/mol. The van der Waals surface area contributed by atoms with Crippen LogP contribution in [0.15, 0.2) is 18.2 Å². The summed E-state index contributed by atoms with van der Waals surface area (Å²) in [5.41, 5.74) is 4.11. The first-order valence-electron chi connectivity index (χ1n) is 6.17. The number of primary amides is 1. The zero-order chi connectivity index (χ0) is 14.0. The molecule has 0 aromatic heterocycles. The van der Waals surface area contributed by atoms with Gasteiger partial charge in [-0.3, -0.25) is 9.69 Å². The minimum atomic E-state index is -1.34. The summed E-state index contributed by atoms with van der Waals surface area (Å²) in [4.78, 5) is 13.6. The molecule has 6 heteroatoms.